The van der Waals surface area contributed by atoms with Crippen LogP contribution < -0.4 is 10.6 Å². The molecule has 2 aromatic carbocycles. The van der Waals surface area contributed by atoms with Crippen LogP contribution in [-0.4, -0.2) is 28.5 Å². The lowest BCUT2D eigenvalue weighted by Gasteiger charge is -2.29. The van der Waals surface area contributed by atoms with Crippen LogP contribution in [0.3, 0.4) is 0 Å². The van der Waals surface area contributed by atoms with Crippen LogP contribution in [0.15, 0.2) is 66.9 Å². The second kappa shape index (κ2) is 8.52. The minimum atomic E-state index is -0.313. The van der Waals surface area contributed by atoms with Crippen molar-refractivity contribution in [3.05, 3.63) is 72.4 Å². The van der Waals surface area contributed by atoms with Gasteiger partial charge in [0, 0.05) is 43.2 Å². The second-order valence-electron chi connectivity index (χ2n) is 7.91. The normalized spacial score (nSPS) is 18.7. The van der Waals surface area contributed by atoms with Crippen molar-refractivity contribution in [2.75, 3.05) is 6.54 Å². The Morgan fingerprint density at radius 3 is 2.66 bits per heavy atom. The maximum absolute atomic E-state index is 12.4. The zero-order valence-corrected chi connectivity index (χ0v) is 16.6. The molecule has 1 fully saturated rings. The van der Waals surface area contributed by atoms with Crippen molar-refractivity contribution in [1.82, 2.24) is 15.2 Å². The fourth-order valence-electron chi connectivity index (χ4n) is 4.26. The smallest absolute Gasteiger partial charge is 0.220 e. The van der Waals surface area contributed by atoms with E-state index in [1.807, 2.05) is 30.3 Å². The van der Waals surface area contributed by atoms with Crippen LogP contribution in [0.25, 0.3) is 10.9 Å². The Balaban J connectivity index is 1.29. The maximum Gasteiger partial charge on any atom is 0.220 e. The predicted molar refractivity (Wildman–Crippen MR) is 114 cm³/mol. The number of benzene rings is 2. The van der Waals surface area contributed by atoms with Crippen molar-refractivity contribution in [1.29, 1.82) is 0 Å². The summed E-state index contributed by atoms with van der Waals surface area (Å²) in [6.07, 6.45) is 5.21. The molecule has 5 heteroatoms. The van der Waals surface area contributed by atoms with Crippen molar-refractivity contribution in [3.8, 4) is 0 Å². The standard InChI is InChI=1S/C24H27N3O2/c28-22(25-15-17-27-16-12-20-8-4-5-9-21(20)27)10-13-24(14-11-23(29)26-24)18-19-6-2-1-3-7-19/h1-9,12,16H,10-11,13-15,17-18H2,(H,25,28)(H,26,29). The Hall–Kier alpha value is -3.08. The molecule has 1 saturated heterocycles. The molecule has 3 aromatic rings. The molecule has 2 heterocycles. The topological polar surface area (TPSA) is 63.1 Å². The first-order valence-electron chi connectivity index (χ1n) is 10.3. The number of fused-ring (bicyclic) bond motifs is 1. The monoisotopic (exact) mass is 389 g/mol. The van der Waals surface area contributed by atoms with Gasteiger partial charge in [-0.1, -0.05) is 48.5 Å². The van der Waals surface area contributed by atoms with E-state index in [0.29, 0.717) is 25.8 Å². The van der Waals surface area contributed by atoms with Gasteiger partial charge in [0.15, 0.2) is 0 Å². The number of rotatable bonds is 8. The summed E-state index contributed by atoms with van der Waals surface area (Å²) in [4.78, 5) is 24.3. The van der Waals surface area contributed by atoms with Gasteiger partial charge in [-0.3, -0.25) is 9.59 Å². The molecule has 1 unspecified atom stereocenters. The number of carbonyl (C=O) groups is 2. The fraction of sp³-hybridized carbons (Fsp3) is 0.333. The molecule has 1 aromatic heterocycles. The van der Waals surface area contributed by atoms with E-state index >= 15 is 0 Å². The van der Waals surface area contributed by atoms with Gasteiger partial charge in [-0.2, -0.15) is 0 Å². The molecular weight excluding hydrogens is 362 g/mol. The maximum atomic E-state index is 12.4. The van der Waals surface area contributed by atoms with E-state index < -0.39 is 0 Å². The average molecular weight is 389 g/mol. The van der Waals surface area contributed by atoms with E-state index in [1.165, 1.54) is 16.5 Å². The molecule has 0 bridgehead atoms. The Morgan fingerprint density at radius 1 is 1.07 bits per heavy atom. The molecule has 0 aliphatic carbocycles. The van der Waals surface area contributed by atoms with Crippen LogP contribution in [0, 0.1) is 0 Å². The van der Waals surface area contributed by atoms with E-state index in [9.17, 15) is 9.59 Å². The summed E-state index contributed by atoms with van der Waals surface area (Å²) in [6, 6.07) is 20.5. The van der Waals surface area contributed by atoms with E-state index in [4.69, 9.17) is 0 Å². The van der Waals surface area contributed by atoms with Crippen molar-refractivity contribution in [2.45, 2.75) is 44.2 Å². The molecule has 29 heavy (non-hydrogen) atoms. The number of carbonyl (C=O) groups excluding carboxylic acids is 2. The summed E-state index contributed by atoms with van der Waals surface area (Å²) in [6.45, 7) is 1.33. The van der Waals surface area contributed by atoms with Gasteiger partial charge in [0.05, 0.1) is 0 Å². The summed E-state index contributed by atoms with van der Waals surface area (Å²) < 4.78 is 2.16. The van der Waals surface area contributed by atoms with Gasteiger partial charge < -0.3 is 15.2 Å². The van der Waals surface area contributed by atoms with Crippen molar-refractivity contribution >= 4 is 22.7 Å². The van der Waals surface area contributed by atoms with Crippen LogP contribution in [-0.2, 0) is 22.6 Å². The molecule has 150 valence electrons. The summed E-state index contributed by atoms with van der Waals surface area (Å²) >= 11 is 0. The highest BCUT2D eigenvalue weighted by Gasteiger charge is 2.37. The highest BCUT2D eigenvalue weighted by atomic mass is 16.2. The van der Waals surface area contributed by atoms with E-state index in [1.54, 1.807) is 0 Å². The number of para-hydroxylation sites is 1. The Bertz CT molecular complexity index is 996. The first kappa shape index (κ1) is 19.2. The fourth-order valence-corrected chi connectivity index (χ4v) is 4.26. The summed E-state index contributed by atoms with van der Waals surface area (Å²) in [5.41, 5.74) is 2.05. The largest absolute Gasteiger partial charge is 0.354 e. The highest BCUT2D eigenvalue weighted by Crippen LogP contribution is 2.29. The van der Waals surface area contributed by atoms with Crippen LogP contribution in [0.1, 0.15) is 31.2 Å². The number of nitrogens with one attached hydrogen (secondary N) is 2. The molecule has 2 N–H and O–H groups in total. The lowest BCUT2D eigenvalue weighted by molar-refractivity contribution is -0.122. The molecular formula is C24H27N3O2. The molecule has 1 aliphatic rings. The van der Waals surface area contributed by atoms with Gasteiger partial charge in [-0.15, -0.1) is 0 Å². The molecule has 0 saturated carbocycles. The van der Waals surface area contributed by atoms with Gasteiger partial charge in [0.2, 0.25) is 11.8 Å². The predicted octanol–water partition coefficient (Wildman–Crippen LogP) is 3.43. The highest BCUT2D eigenvalue weighted by molar-refractivity contribution is 5.81. The average Bonchev–Trinajstić information content (AvgIpc) is 3.31. The Kier molecular flexibility index (Phi) is 5.65. The van der Waals surface area contributed by atoms with Crippen LogP contribution in [0.4, 0.5) is 0 Å². The lowest BCUT2D eigenvalue weighted by atomic mass is 9.85. The van der Waals surface area contributed by atoms with Gasteiger partial charge in [0.25, 0.3) is 0 Å². The zero-order valence-electron chi connectivity index (χ0n) is 16.6. The number of amides is 2. The lowest BCUT2D eigenvalue weighted by Crippen LogP contribution is -2.44. The van der Waals surface area contributed by atoms with Crippen molar-refractivity contribution < 1.29 is 9.59 Å². The van der Waals surface area contributed by atoms with Crippen LogP contribution in [0.5, 0.6) is 0 Å². The Morgan fingerprint density at radius 2 is 1.86 bits per heavy atom. The number of aromatic nitrogens is 1. The first-order valence-corrected chi connectivity index (χ1v) is 10.3. The third kappa shape index (κ3) is 4.67. The molecule has 1 aliphatic heterocycles. The first-order chi connectivity index (χ1) is 14.1. The number of hydrogen-bond acceptors (Lipinski definition) is 2. The van der Waals surface area contributed by atoms with Crippen molar-refractivity contribution in [3.63, 3.8) is 0 Å². The van der Waals surface area contributed by atoms with Crippen LogP contribution >= 0.6 is 0 Å². The van der Waals surface area contributed by atoms with Crippen LogP contribution in [0.2, 0.25) is 0 Å². The summed E-state index contributed by atoms with van der Waals surface area (Å²) in [5.74, 6) is 0.121. The Labute approximate surface area is 171 Å². The molecule has 5 nitrogen and oxygen atoms in total. The quantitative estimate of drug-likeness (QED) is 0.620. The SMILES string of the molecule is O=C(CCC1(Cc2ccccc2)CCC(=O)N1)NCCn1ccc2ccccc21. The minimum absolute atomic E-state index is 0.0371. The molecule has 0 spiro atoms. The number of hydrogen-bond donors (Lipinski definition) is 2. The van der Waals surface area contributed by atoms with Gasteiger partial charge in [-0.05, 0) is 42.3 Å². The van der Waals surface area contributed by atoms with E-state index in [-0.39, 0.29) is 17.4 Å². The van der Waals surface area contributed by atoms with Gasteiger partial charge in [0.1, 0.15) is 0 Å². The molecule has 2 amide bonds. The summed E-state index contributed by atoms with van der Waals surface area (Å²) in [5, 5.41) is 7.38. The third-order valence-electron chi connectivity index (χ3n) is 5.81. The molecule has 1 atom stereocenters. The van der Waals surface area contributed by atoms with Gasteiger partial charge >= 0.3 is 0 Å². The minimum Gasteiger partial charge on any atom is -0.354 e. The number of nitrogens with zero attached hydrogens (tertiary/aromatic N) is 1. The van der Waals surface area contributed by atoms with Crippen molar-refractivity contribution in [2.24, 2.45) is 0 Å². The third-order valence-corrected chi connectivity index (χ3v) is 5.81. The molecule has 4 rings (SSSR count). The summed E-state index contributed by atoms with van der Waals surface area (Å²) in [7, 11) is 0. The van der Waals surface area contributed by atoms with E-state index in [0.717, 1.165) is 19.4 Å². The second-order valence-corrected chi connectivity index (χ2v) is 7.91. The van der Waals surface area contributed by atoms with E-state index in [2.05, 4.69) is 51.7 Å². The zero-order chi connectivity index (χ0) is 20.1. The van der Waals surface area contributed by atoms with Gasteiger partial charge in [-0.25, -0.2) is 0 Å². The molecule has 0 radical (unpaired) electrons.